The minimum atomic E-state index is -1.86. The number of ether oxygens (including phenoxy) is 1. The number of carbonyl (C=O) groups is 2. The van der Waals surface area contributed by atoms with Gasteiger partial charge in [-0.2, -0.15) is 0 Å². The number of anilines is 1. The van der Waals surface area contributed by atoms with E-state index in [2.05, 4.69) is 5.32 Å². The number of imide groups is 1. The topological polar surface area (TPSA) is 99.1 Å². The van der Waals surface area contributed by atoms with Gasteiger partial charge in [0.2, 0.25) is 5.91 Å². The molecule has 2 amide bonds. The van der Waals surface area contributed by atoms with Crippen molar-refractivity contribution < 1.29 is 28.8 Å². The summed E-state index contributed by atoms with van der Waals surface area (Å²) in [6, 6.07) is 3.22. The molecule has 0 aliphatic carbocycles. The van der Waals surface area contributed by atoms with Crippen molar-refractivity contribution in [3.63, 3.8) is 0 Å². The zero-order chi connectivity index (χ0) is 19.5. The first-order valence-electron chi connectivity index (χ1n) is 8.53. The third-order valence-electron chi connectivity index (χ3n) is 3.95. The Balaban J connectivity index is 2.44. The van der Waals surface area contributed by atoms with Crippen LogP contribution in [-0.2, 0) is 9.53 Å². The van der Waals surface area contributed by atoms with E-state index in [9.17, 15) is 24.0 Å². The fourth-order valence-corrected chi connectivity index (χ4v) is 2.72. The maximum absolute atomic E-state index is 14.4. The van der Waals surface area contributed by atoms with Gasteiger partial charge in [-0.05, 0) is 57.8 Å². The van der Waals surface area contributed by atoms with Crippen LogP contribution < -0.4 is 15.7 Å². The lowest BCUT2D eigenvalue weighted by Crippen LogP contribution is -2.48. The highest BCUT2D eigenvalue weighted by Gasteiger charge is 2.36. The summed E-state index contributed by atoms with van der Waals surface area (Å²) in [5, 5.41) is 21.8. The van der Waals surface area contributed by atoms with Crippen LogP contribution in [0.25, 0.3) is 0 Å². The zero-order valence-corrected chi connectivity index (χ0v) is 15.2. The molecule has 9 heteroatoms. The van der Waals surface area contributed by atoms with E-state index in [1.807, 2.05) is 0 Å². The zero-order valence-electron chi connectivity index (χ0n) is 15.2. The average Bonchev–Trinajstić information content (AvgIpc) is 2.55. The van der Waals surface area contributed by atoms with Gasteiger partial charge in [-0.25, -0.2) is 14.1 Å². The normalized spacial score (nSPS) is 17.5. The summed E-state index contributed by atoms with van der Waals surface area (Å²) in [5.41, 5.74) is -1.28. The number of halogens is 1. The number of benzene rings is 1. The maximum atomic E-state index is 14.4. The fraction of sp³-hybridized carbons (Fsp3) is 0.529. The van der Waals surface area contributed by atoms with Gasteiger partial charge in [-0.15, -0.1) is 0 Å². The van der Waals surface area contributed by atoms with Gasteiger partial charge in [-0.3, -0.25) is 4.79 Å². The van der Waals surface area contributed by atoms with Gasteiger partial charge in [0.15, 0.2) is 0 Å². The Morgan fingerprint density at radius 1 is 1.35 bits per heavy atom. The highest BCUT2D eigenvalue weighted by molar-refractivity contribution is 6.58. The van der Waals surface area contributed by atoms with E-state index in [-0.39, 0.29) is 11.2 Å². The van der Waals surface area contributed by atoms with Crippen molar-refractivity contribution in [3.05, 3.63) is 24.0 Å². The second-order valence-corrected chi connectivity index (χ2v) is 7.28. The number of hydrogen-bond donors (Lipinski definition) is 3. The number of rotatable bonds is 3. The molecular weight excluding hydrogens is 342 g/mol. The van der Waals surface area contributed by atoms with Gasteiger partial charge < -0.3 is 20.1 Å². The lowest BCUT2D eigenvalue weighted by molar-refractivity contribution is -0.122. The van der Waals surface area contributed by atoms with Crippen LogP contribution in [0.3, 0.4) is 0 Å². The largest absolute Gasteiger partial charge is 0.488 e. The molecule has 26 heavy (non-hydrogen) atoms. The number of nitrogens with zero attached hydrogens (tertiary/aromatic N) is 1. The van der Waals surface area contributed by atoms with Crippen molar-refractivity contribution in [1.29, 1.82) is 0 Å². The van der Waals surface area contributed by atoms with E-state index in [0.717, 1.165) is 25.1 Å². The summed E-state index contributed by atoms with van der Waals surface area (Å²) in [7, 11) is -1.86. The molecule has 1 aliphatic heterocycles. The van der Waals surface area contributed by atoms with E-state index < -0.39 is 36.5 Å². The number of amides is 2. The molecule has 0 radical (unpaired) electrons. The summed E-state index contributed by atoms with van der Waals surface area (Å²) < 4.78 is 19.7. The number of piperidine rings is 1. The van der Waals surface area contributed by atoms with Crippen LogP contribution in [0.15, 0.2) is 18.2 Å². The molecule has 0 saturated carbocycles. The molecule has 1 fully saturated rings. The van der Waals surface area contributed by atoms with Crippen LogP contribution in [0.2, 0.25) is 0 Å². The summed E-state index contributed by atoms with van der Waals surface area (Å²) in [6.45, 7) is 6.07. The minimum Gasteiger partial charge on any atom is -0.443 e. The SMILES string of the molecule is CC(C)(C)OC(=O)N(C(=O)[C@@H]1CCCNC1)c1cc(B(O)O)ccc1F. The Labute approximate surface area is 152 Å². The second kappa shape index (κ2) is 8.15. The third kappa shape index (κ3) is 5.03. The predicted molar refractivity (Wildman–Crippen MR) is 95.5 cm³/mol. The molecule has 1 heterocycles. The molecule has 1 aliphatic rings. The summed E-state index contributed by atoms with van der Waals surface area (Å²) in [5.74, 6) is -1.93. The van der Waals surface area contributed by atoms with Crippen molar-refractivity contribution in [1.82, 2.24) is 5.32 Å². The number of hydrogen-bond acceptors (Lipinski definition) is 6. The van der Waals surface area contributed by atoms with E-state index in [1.54, 1.807) is 20.8 Å². The van der Waals surface area contributed by atoms with Crippen LogP contribution in [-0.4, -0.2) is 47.9 Å². The molecule has 1 saturated heterocycles. The molecule has 2 rings (SSSR count). The Morgan fingerprint density at radius 3 is 2.58 bits per heavy atom. The van der Waals surface area contributed by atoms with Crippen molar-refractivity contribution in [2.75, 3.05) is 18.0 Å². The van der Waals surface area contributed by atoms with E-state index >= 15 is 0 Å². The Morgan fingerprint density at radius 2 is 2.04 bits per heavy atom. The minimum absolute atomic E-state index is 0.0375. The van der Waals surface area contributed by atoms with Gasteiger partial charge in [0.1, 0.15) is 11.4 Å². The molecule has 142 valence electrons. The fourth-order valence-electron chi connectivity index (χ4n) is 2.72. The van der Waals surface area contributed by atoms with Gasteiger partial charge >= 0.3 is 13.2 Å². The first-order chi connectivity index (χ1) is 12.1. The Hall–Kier alpha value is -1.97. The van der Waals surface area contributed by atoms with E-state index in [1.165, 1.54) is 6.07 Å². The van der Waals surface area contributed by atoms with Gasteiger partial charge in [0.05, 0.1) is 11.6 Å². The first-order valence-corrected chi connectivity index (χ1v) is 8.53. The number of nitrogens with one attached hydrogen (secondary N) is 1. The van der Waals surface area contributed by atoms with Gasteiger partial charge in [0, 0.05) is 6.54 Å². The van der Waals surface area contributed by atoms with E-state index in [0.29, 0.717) is 17.9 Å². The Bertz CT molecular complexity index is 672. The molecule has 1 aromatic rings. The average molecular weight is 366 g/mol. The van der Waals surface area contributed by atoms with Crippen LogP contribution >= 0.6 is 0 Å². The molecule has 3 N–H and O–H groups in total. The predicted octanol–water partition coefficient (Wildman–Crippen LogP) is 0.773. The second-order valence-electron chi connectivity index (χ2n) is 7.28. The maximum Gasteiger partial charge on any atom is 0.488 e. The van der Waals surface area contributed by atoms with Crippen LogP contribution in [0.1, 0.15) is 33.6 Å². The monoisotopic (exact) mass is 366 g/mol. The van der Waals surface area contributed by atoms with E-state index in [4.69, 9.17) is 4.74 Å². The van der Waals surface area contributed by atoms with Crippen LogP contribution in [0.5, 0.6) is 0 Å². The van der Waals surface area contributed by atoms with Crippen molar-refractivity contribution >= 4 is 30.3 Å². The summed E-state index contributed by atoms with van der Waals surface area (Å²) in [4.78, 5) is 26.3. The molecule has 7 nitrogen and oxygen atoms in total. The van der Waals surface area contributed by atoms with Crippen molar-refractivity contribution in [2.24, 2.45) is 5.92 Å². The summed E-state index contributed by atoms with van der Waals surface area (Å²) >= 11 is 0. The smallest absolute Gasteiger partial charge is 0.443 e. The molecule has 0 unspecified atom stereocenters. The molecular formula is C17H24BFN2O5. The lowest BCUT2D eigenvalue weighted by atomic mass is 9.80. The van der Waals surface area contributed by atoms with Gasteiger partial charge in [-0.1, -0.05) is 6.07 Å². The quantitative estimate of drug-likeness (QED) is 0.684. The van der Waals surface area contributed by atoms with Gasteiger partial charge in [0.25, 0.3) is 0 Å². The molecule has 0 spiro atoms. The summed E-state index contributed by atoms with van der Waals surface area (Å²) in [6.07, 6.45) is 0.322. The molecule has 0 bridgehead atoms. The first kappa shape index (κ1) is 20.3. The highest BCUT2D eigenvalue weighted by atomic mass is 19.1. The van der Waals surface area contributed by atoms with Crippen molar-refractivity contribution in [3.8, 4) is 0 Å². The third-order valence-corrected chi connectivity index (χ3v) is 3.95. The molecule has 0 aromatic heterocycles. The molecule has 1 atom stereocenters. The van der Waals surface area contributed by atoms with Crippen molar-refractivity contribution in [2.45, 2.75) is 39.2 Å². The Kier molecular flexibility index (Phi) is 6.38. The lowest BCUT2D eigenvalue weighted by Gasteiger charge is -2.30. The standard InChI is InChI=1S/C17H24BFN2O5/c1-17(2,3)26-16(23)21(15(22)11-5-4-8-20-10-11)14-9-12(18(24)25)6-7-13(14)19/h6-7,9,11,20,24-25H,4-5,8,10H2,1-3H3/t11-/m1/s1. The van der Waals surface area contributed by atoms with Crippen LogP contribution in [0.4, 0.5) is 14.9 Å². The molecule has 1 aromatic carbocycles. The highest BCUT2D eigenvalue weighted by Crippen LogP contribution is 2.25. The number of carbonyl (C=O) groups excluding carboxylic acids is 2. The van der Waals surface area contributed by atoms with Crippen LogP contribution in [0, 0.1) is 11.7 Å².